The van der Waals surface area contributed by atoms with Crippen molar-refractivity contribution in [3.05, 3.63) is 29.0 Å². The number of nitrogens with zero attached hydrogens (tertiary/aromatic N) is 1. The van der Waals surface area contributed by atoms with Gasteiger partial charge >= 0.3 is 5.97 Å². The highest BCUT2D eigenvalue weighted by Gasteiger charge is 2.30. The molecule has 0 aromatic carbocycles. The molecular weight excluding hydrogens is 280 g/mol. The van der Waals surface area contributed by atoms with Crippen molar-refractivity contribution < 1.29 is 14.7 Å². The molecule has 0 spiro atoms. The summed E-state index contributed by atoms with van der Waals surface area (Å²) in [5.41, 5.74) is 0.428. The van der Waals surface area contributed by atoms with Gasteiger partial charge in [-0.15, -0.1) is 0 Å². The molecule has 2 rings (SSSR count). The van der Waals surface area contributed by atoms with Gasteiger partial charge in [-0.3, -0.25) is 9.59 Å². The molecule has 1 saturated carbocycles. The number of amides is 1. The highest BCUT2D eigenvalue weighted by atomic mass is 35.5. The number of carbonyl (C=O) groups is 2. The normalized spacial score (nSPS) is 22.2. The van der Waals surface area contributed by atoms with E-state index in [0.717, 1.165) is 19.3 Å². The summed E-state index contributed by atoms with van der Waals surface area (Å²) in [6.45, 7) is 0.387. The first-order chi connectivity index (χ1) is 9.58. The third-order valence-electron chi connectivity index (χ3n) is 3.74. The van der Waals surface area contributed by atoms with Crippen LogP contribution >= 0.6 is 11.6 Å². The fraction of sp³-hybridized carbons (Fsp3) is 0.500. The number of carboxylic acids is 1. The molecule has 1 aromatic heterocycles. The summed E-state index contributed by atoms with van der Waals surface area (Å²) in [7, 11) is 0. The van der Waals surface area contributed by atoms with Crippen LogP contribution in [0.5, 0.6) is 0 Å². The van der Waals surface area contributed by atoms with Crippen molar-refractivity contribution in [3.63, 3.8) is 0 Å². The molecule has 20 heavy (non-hydrogen) atoms. The number of aliphatic carboxylic acids is 1. The lowest BCUT2D eigenvalue weighted by atomic mass is 9.79. The molecule has 5 nitrogen and oxygen atoms in total. The average Bonchev–Trinajstić information content (AvgIpc) is 2.45. The molecule has 1 fully saturated rings. The standard InChI is InChI=1S/C14H17ClN2O3/c15-12-6-5-10(8-16-12)13(18)17-7-9-3-1-2-4-11(9)14(19)20/h5-6,8-9,11H,1-4,7H2,(H,17,18)(H,19,20). The van der Waals surface area contributed by atoms with E-state index in [1.807, 2.05) is 0 Å². The number of carbonyl (C=O) groups excluding carboxylic acids is 1. The Labute approximate surface area is 122 Å². The number of aromatic nitrogens is 1. The van der Waals surface area contributed by atoms with Crippen LogP contribution in [-0.2, 0) is 4.79 Å². The maximum atomic E-state index is 11.9. The van der Waals surface area contributed by atoms with Crippen LogP contribution in [0.15, 0.2) is 18.3 Å². The van der Waals surface area contributed by atoms with Crippen molar-refractivity contribution in [2.75, 3.05) is 6.54 Å². The summed E-state index contributed by atoms with van der Waals surface area (Å²) >= 11 is 5.66. The van der Waals surface area contributed by atoms with Gasteiger partial charge in [0.05, 0.1) is 11.5 Å². The highest BCUT2D eigenvalue weighted by molar-refractivity contribution is 6.29. The Morgan fingerprint density at radius 1 is 1.35 bits per heavy atom. The zero-order chi connectivity index (χ0) is 14.5. The lowest BCUT2D eigenvalue weighted by Crippen LogP contribution is -2.37. The van der Waals surface area contributed by atoms with Crippen LogP contribution in [0, 0.1) is 11.8 Å². The van der Waals surface area contributed by atoms with E-state index in [-0.39, 0.29) is 17.7 Å². The SMILES string of the molecule is O=C(NCC1CCCCC1C(=O)O)c1ccc(Cl)nc1. The summed E-state index contributed by atoms with van der Waals surface area (Å²) in [5.74, 6) is -1.36. The Morgan fingerprint density at radius 3 is 2.75 bits per heavy atom. The smallest absolute Gasteiger partial charge is 0.306 e. The molecule has 1 amide bonds. The maximum absolute atomic E-state index is 11.9. The van der Waals surface area contributed by atoms with Crippen LogP contribution < -0.4 is 5.32 Å². The predicted octanol–water partition coefficient (Wildman–Crippen LogP) is 2.36. The number of hydrogen-bond donors (Lipinski definition) is 2. The monoisotopic (exact) mass is 296 g/mol. The number of halogens is 1. The lowest BCUT2D eigenvalue weighted by molar-refractivity contribution is -0.144. The first kappa shape index (κ1) is 14.8. The number of carboxylic acid groups (broad SMARTS) is 1. The summed E-state index contributed by atoms with van der Waals surface area (Å²) in [4.78, 5) is 27.0. The molecular formula is C14H17ClN2O3. The topological polar surface area (TPSA) is 79.3 Å². The van der Waals surface area contributed by atoms with Crippen molar-refractivity contribution in [2.45, 2.75) is 25.7 Å². The first-order valence-electron chi connectivity index (χ1n) is 6.70. The van der Waals surface area contributed by atoms with Crippen molar-refractivity contribution in [1.82, 2.24) is 10.3 Å². The second kappa shape index (κ2) is 6.70. The van der Waals surface area contributed by atoms with E-state index < -0.39 is 5.97 Å². The van der Waals surface area contributed by atoms with E-state index in [0.29, 0.717) is 23.7 Å². The second-order valence-electron chi connectivity index (χ2n) is 5.07. The van der Waals surface area contributed by atoms with Crippen LogP contribution in [-0.4, -0.2) is 28.5 Å². The molecule has 1 aromatic rings. The van der Waals surface area contributed by atoms with Gasteiger partial charge in [0.1, 0.15) is 5.15 Å². The summed E-state index contributed by atoms with van der Waals surface area (Å²) in [6, 6.07) is 3.15. The van der Waals surface area contributed by atoms with E-state index >= 15 is 0 Å². The van der Waals surface area contributed by atoms with E-state index in [1.165, 1.54) is 6.20 Å². The van der Waals surface area contributed by atoms with Gasteiger partial charge < -0.3 is 10.4 Å². The zero-order valence-electron chi connectivity index (χ0n) is 11.0. The van der Waals surface area contributed by atoms with Crippen LogP contribution in [0.25, 0.3) is 0 Å². The molecule has 1 heterocycles. The summed E-state index contributed by atoms with van der Waals surface area (Å²) in [5, 5.41) is 12.3. The van der Waals surface area contributed by atoms with Crippen molar-refractivity contribution in [1.29, 1.82) is 0 Å². The molecule has 2 atom stereocenters. The summed E-state index contributed by atoms with van der Waals surface area (Å²) in [6.07, 6.45) is 4.91. The van der Waals surface area contributed by atoms with Gasteiger partial charge in [-0.2, -0.15) is 0 Å². The number of rotatable bonds is 4. The molecule has 2 N–H and O–H groups in total. The van der Waals surface area contributed by atoms with E-state index in [2.05, 4.69) is 10.3 Å². The Balaban J connectivity index is 1.91. The largest absolute Gasteiger partial charge is 0.481 e. The van der Waals surface area contributed by atoms with Crippen LogP contribution in [0.3, 0.4) is 0 Å². The zero-order valence-corrected chi connectivity index (χ0v) is 11.8. The predicted molar refractivity (Wildman–Crippen MR) is 74.7 cm³/mol. The van der Waals surface area contributed by atoms with Gasteiger partial charge in [-0.1, -0.05) is 24.4 Å². The van der Waals surface area contributed by atoms with Crippen LogP contribution in [0.4, 0.5) is 0 Å². The Bertz CT molecular complexity index is 490. The Kier molecular flexibility index (Phi) is 4.95. The van der Waals surface area contributed by atoms with E-state index in [1.54, 1.807) is 12.1 Å². The molecule has 0 radical (unpaired) electrons. The quantitative estimate of drug-likeness (QED) is 0.836. The van der Waals surface area contributed by atoms with Crippen LogP contribution in [0.1, 0.15) is 36.0 Å². The third-order valence-corrected chi connectivity index (χ3v) is 3.96. The van der Waals surface area contributed by atoms with Gasteiger partial charge in [0.25, 0.3) is 5.91 Å². The van der Waals surface area contributed by atoms with Crippen molar-refractivity contribution in [2.24, 2.45) is 11.8 Å². The van der Waals surface area contributed by atoms with Crippen molar-refractivity contribution >= 4 is 23.5 Å². The number of hydrogen-bond acceptors (Lipinski definition) is 3. The molecule has 108 valence electrons. The lowest BCUT2D eigenvalue weighted by Gasteiger charge is -2.28. The van der Waals surface area contributed by atoms with E-state index in [9.17, 15) is 14.7 Å². The molecule has 1 aliphatic rings. The molecule has 0 aliphatic heterocycles. The molecule has 0 bridgehead atoms. The first-order valence-corrected chi connectivity index (χ1v) is 7.08. The number of pyridine rings is 1. The second-order valence-corrected chi connectivity index (χ2v) is 5.46. The fourth-order valence-corrected chi connectivity index (χ4v) is 2.72. The van der Waals surface area contributed by atoms with Gasteiger partial charge in [0.15, 0.2) is 0 Å². The highest BCUT2D eigenvalue weighted by Crippen LogP contribution is 2.29. The average molecular weight is 297 g/mol. The minimum Gasteiger partial charge on any atom is -0.481 e. The van der Waals surface area contributed by atoms with E-state index in [4.69, 9.17) is 11.6 Å². The third kappa shape index (κ3) is 3.70. The van der Waals surface area contributed by atoms with Crippen LogP contribution in [0.2, 0.25) is 5.15 Å². The van der Waals surface area contributed by atoms with Crippen molar-refractivity contribution in [3.8, 4) is 0 Å². The molecule has 2 unspecified atom stereocenters. The minimum absolute atomic E-state index is 0.00505. The van der Waals surface area contributed by atoms with Gasteiger partial charge in [0, 0.05) is 12.7 Å². The van der Waals surface area contributed by atoms with Gasteiger partial charge in [0.2, 0.25) is 0 Å². The Morgan fingerprint density at radius 2 is 2.10 bits per heavy atom. The maximum Gasteiger partial charge on any atom is 0.306 e. The van der Waals surface area contributed by atoms with Gasteiger partial charge in [-0.25, -0.2) is 4.98 Å². The molecule has 6 heteroatoms. The molecule has 0 saturated heterocycles. The molecule has 1 aliphatic carbocycles. The Hall–Kier alpha value is -1.62. The number of nitrogens with one attached hydrogen (secondary N) is 1. The van der Waals surface area contributed by atoms with Gasteiger partial charge in [-0.05, 0) is 30.9 Å². The summed E-state index contributed by atoms with van der Waals surface area (Å²) < 4.78 is 0. The minimum atomic E-state index is -0.767. The fourth-order valence-electron chi connectivity index (χ4n) is 2.61.